The first-order valence-electron chi connectivity index (χ1n) is 6.63. The summed E-state index contributed by atoms with van der Waals surface area (Å²) in [5, 5.41) is 5.27. The SMILES string of the molecule is COc1ccc2c(c1NC(=O)CCNC(N)=O)CCC2. The monoisotopic (exact) mass is 277 g/mol. The zero-order valence-electron chi connectivity index (χ0n) is 11.5. The van der Waals surface area contributed by atoms with Crippen molar-refractivity contribution in [3.05, 3.63) is 23.3 Å². The summed E-state index contributed by atoms with van der Waals surface area (Å²) in [6.07, 6.45) is 3.25. The van der Waals surface area contributed by atoms with Crippen LogP contribution in [0.5, 0.6) is 5.75 Å². The van der Waals surface area contributed by atoms with E-state index in [9.17, 15) is 9.59 Å². The van der Waals surface area contributed by atoms with Crippen molar-refractivity contribution in [1.82, 2.24) is 5.32 Å². The number of amides is 3. The number of hydrogen-bond acceptors (Lipinski definition) is 3. The number of anilines is 1. The first kappa shape index (κ1) is 14.2. The average Bonchev–Trinajstić information content (AvgIpc) is 2.87. The highest BCUT2D eigenvalue weighted by atomic mass is 16.5. The van der Waals surface area contributed by atoms with Crippen molar-refractivity contribution in [1.29, 1.82) is 0 Å². The molecular formula is C14H19N3O3. The van der Waals surface area contributed by atoms with Gasteiger partial charge in [-0.05, 0) is 36.5 Å². The molecule has 0 heterocycles. The molecule has 6 nitrogen and oxygen atoms in total. The fraction of sp³-hybridized carbons (Fsp3) is 0.429. The molecular weight excluding hydrogens is 258 g/mol. The summed E-state index contributed by atoms with van der Waals surface area (Å²) in [4.78, 5) is 22.5. The van der Waals surface area contributed by atoms with E-state index in [1.54, 1.807) is 7.11 Å². The van der Waals surface area contributed by atoms with Gasteiger partial charge < -0.3 is 21.1 Å². The molecule has 2 rings (SSSR count). The van der Waals surface area contributed by atoms with Crippen LogP contribution in [0.25, 0.3) is 0 Å². The normalized spacial score (nSPS) is 12.7. The Labute approximate surface area is 117 Å². The van der Waals surface area contributed by atoms with Gasteiger partial charge in [-0.25, -0.2) is 4.79 Å². The topological polar surface area (TPSA) is 93.4 Å². The number of aryl methyl sites for hydroxylation is 1. The lowest BCUT2D eigenvalue weighted by Crippen LogP contribution is -2.32. The van der Waals surface area contributed by atoms with E-state index in [2.05, 4.69) is 10.6 Å². The van der Waals surface area contributed by atoms with E-state index in [4.69, 9.17) is 10.5 Å². The maximum atomic E-state index is 11.9. The molecule has 1 aliphatic rings. The minimum Gasteiger partial charge on any atom is -0.495 e. The second-order valence-electron chi connectivity index (χ2n) is 4.72. The molecule has 0 radical (unpaired) electrons. The highest BCUT2D eigenvalue weighted by molar-refractivity contribution is 5.94. The molecule has 0 fully saturated rings. The molecule has 4 N–H and O–H groups in total. The van der Waals surface area contributed by atoms with Gasteiger partial charge in [0.1, 0.15) is 5.75 Å². The van der Waals surface area contributed by atoms with Gasteiger partial charge in [0.25, 0.3) is 0 Å². The fourth-order valence-electron chi connectivity index (χ4n) is 2.45. The van der Waals surface area contributed by atoms with Crippen LogP contribution in [-0.4, -0.2) is 25.6 Å². The number of rotatable bonds is 5. The number of hydrogen-bond donors (Lipinski definition) is 3. The van der Waals surface area contributed by atoms with E-state index in [1.165, 1.54) is 5.56 Å². The summed E-state index contributed by atoms with van der Waals surface area (Å²) in [6.45, 7) is 0.221. The molecule has 0 saturated heterocycles. The molecule has 1 aromatic carbocycles. The molecule has 1 aliphatic carbocycles. The lowest BCUT2D eigenvalue weighted by molar-refractivity contribution is -0.116. The summed E-state index contributed by atoms with van der Waals surface area (Å²) < 4.78 is 5.31. The Morgan fingerprint density at radius 1 is 1.35 bits per heavy atom. The van der Waals surface area contributed by atoms with E-state index in [0.717, 1.165) is 30.5 Å². The van der Waals surface area contributed by atoms with Gasteiger partial charge in [0.15, 0.2) is 0 Å². The van der Waals surface area contributed by atoms with Gasteiger partial charge in [-0.1, -0.05) is 6.07 Å². The summed E-state index contributed by atoms with van der Waals surface area (Å²) >= 11 is 0. The van der Waals surface area contributed by atoms with Gasteiger partial charge in [-0.3, -0.25) is 4.79 Å². The molecule has 0 spiro atoms. The van der Waals surface area contributed by atoms with Crippen molar-refractivity contribution in [2.45, 2.75) is 25.7 Å². The van der Waals surface area contributed by atoms with Crippen molar-refractivity contribution < 1.29 is 14.3 Å². The number of nitrogens with two attached hydrogens (primary N) is 1. The number of methoxy groups -OCH3 is 1. The molecule has 3 amide bonds. The molecule has 108 valence electrons. The first-order valence-corrected chi connectivity index (χ1v) is 6.63. The standard InChI is InChI=1S/C14H19N3O3/c1-20-11-6-5-9-3-2-4-10(9)13(11)17-12(18)7-8-16-14(15)19/h5-6H,2-4,7-8H2,1H3,(H,17,18)(H3,15,16,19). The molecule has 0 atom stereocenters. The van der Waals surface area contributed by atoms with Crippen LogP contribution in [0.4, 0.5) is 10.5 Å². The van der Waals surface area contributed by atoms with Crippen LogP contribution in [0.3, 0.4) is 0 Å². The zero-order valence-corrected chi connectivity index (χ0v) is 11.5. The van der Waals surface area contributed by atoms with Crippen molar-refractivity contribution in [2.75, 3.05) is 19.0 Å². The Bertz CT molecular complexity index is 529. The Kier molecular flexibility index (Phi) is 4.45. The molecule has 0 aliphatic heterocycles. The molecule has 0 bridgehead atoms. The largest absolute Gasteiger partial charge is 0.495 e. The Balaban J connectivity index is 2.06. The van der Waals surface area contributed by atoms with Gasteiger partial charge in [0.05, 0.1) is 12.8 Å². The van der Waals surface area contributed by atoms with Gasteiger partial charge in [-0.2, -0.15) is 0 Å². The van der Waals surface area contributed by atoms with E-state index >= 15 is 0 Å². The fourth-order valence-corrected chi connectivity index (χ4v) is 2.45. The lowest BCUT2D eigenvalue weighted by Gasteiger charge is -2.14. The van der Waals surface area contributed by atoms with Gasteiger partial charge in [0.2, 0.25) is 5.91 Å². The third kappa shape index (κ3) is 3.20. The van der Waals surface area contributed by atoms with E-state index in [1.807, 2.05) is 12.1 Å². The van der Waals surface area contributed by atoms with E-state index < -0.39 is 6.03 Å². The maximum Gasteiger partial charge on any atom is 0.312 e. The van der Waals surface area contributed by atoms with Gasteiger partial charge >= 0.3 is 6.03 Å². The summed E-state index contributed by atoms with van der Waals surface area (Å²) in [7, 11) is 1.58. The molecule has 0 saturated carbocycles. The molecule has 1 aromatic rings. The Hall–Kier alpha value is -2.24. The summed E-state index contributed by atoms with van der Waals surface area (Å²) in [5.74, 6) is 0.499. The summed E-state index contributed by atoms with van der Waals surface area (Å²) in [5.41, 5.74) is 8.12. The van der Waals surface area contributed by atoms with Crippen molar-refractivity contribution in [3.8, 4) is 5.75 Å². The van der Waals surface area contributed by atoms with Crippen LogP contribution in [0.1, 0.15) is 24.0 Å². The highest BCUT2D eigenvalue weighted by Gasteiger charge is 2.19. The Morgan fingerprint density at radius 2 is 2.15 bits per heavy atom. The summed E-state index contributed by atoms with van der Waals surface area (Å²) in [6, 6.07) is 3.29. The number of carbonyl (C=O) groups excluding carboxylic acids is 2. The highest BCUT2D eigenvalue weighted by Crippen LogP contribution is 2.36. The minimum atomic E-state index is -0.629. The second-order valence-corrected chi connectivity index (χ2v) is 4.72. The average molecular weight is 277 g/mol. The molecule has 0 aromatic heterocycles. The zero-order chi connectivity index (χ0) is 14.5. The quantitative estimate of drug-likeness (QED) is 0.754. The lowest BCUT2D eigenvalue weighted by atomic mass is 10.1. The predicted octanol–water partition coefficient (Wildman–Crippen LogP) is 1.18. The number of urea groups is 1. The van der Waals surface area contributed by atoms with Crippen molar-refractivity contribution in [2.24, 2.45) is 5.73 Å². The van der Waals surface area contributed by atoms with Crippen LogP contribution < -0.4 is 21.1 Å². The first-order chi connectivity index (χ1) is 9.61. The number of fused-ring (bicyclic) bond motifs is 1. The van der Waals surface area contributed by atoms with Crippen LogP contribution in [0.15, 0.2) is 12.1 Å². The van der Waals surface area contributed by atoms with E-state index in [0.29, 0.717) is 5.75 Å². The predicted molar refractivity (Wildman–Crippen MR) is 75.9 cm³/mol. The Morgan fingerprint density at radius 3 is 2.85 bits per heavy atom. The minimum absolute atomic E-state index is 0.169. The number of primary amides is 1. The second kappa shape index (κ2) is 6.27. The molecule has 20 heavy (non-hydrogen) atoms. The van der Waals surface area contributed by atoms with Crippen LogP contribution >= 0.6 is 0 Å². The smallest absolute Gasteiger partial charge is 0.312 e. The third-order valence-corrected chi connectivity index (χ3v) is 3.38. The van der Waals surface area contributed by atoms with Crippen molar-refractivity contribution >= 4 is 17.6 Å². The van der Waals surface area contributed by atoms with Gasteiger partial charge in [0, 0.05) is 13.0 Å². The van der Waals surface area contributed by atoms with Crippen molar-refractivity contribution in [3.63, 3.8) is 0 Å². The van der Waals surface area contributed by atoms with Crippen LogP contribution in [0, 0.1) is 0 Å². The van der Waals surface area contributed by atoms with Crippen LogP contribution in [0.2, 0.25) is 0 Å². The van der Waals surface area contributed by atoms with Gasteiger partial charge in [-0.15, -0.1) is 0 Å². The number of ether oxygens (including phenoxy) is 1. The maximum absolute atomic E-state index is 11.9. The molecule has 6 heteroatoms. The molecule has 0 unspecified atom stereocenters. The van der Waals surface area contributed by atoms with E-state index in [-0.39, 0.29) is 18.9 Å². The number of benzene rings is 1. The number of carbonyl (C=O) groups is 2. The number of nitrogens with one attached hydrogen (secondary N) is 2. The van der Waals surface area contributed by atoms with Crippen LogP contribution in [-0.2, 0) is 17.6 Å². The third-order valence-electron chi connectivity index (χ3n) is 3.38.